The van der Waals surface area contributed by atoms with E-state index in [2.05, 4.69) is 19.8 Å². The molecule has 11 heteroatoms. The van der Waals surface area contributed by atoms with Gasteiger partial charge in [-0.15, -0.1) is 0 Å². The fraction of sp³-hybridized carbons (Fsp3) is 0.452. The number of alkyl halides is 1. The molecule has 220 valence electrons. The van der Waals surface area contributed by atoms with Crippen LogP contribution in [-0.4, -0.2) is 69.5 Å². The fourth-order valence-electron chi connectivity index (χ4n) is 7.01. The van der Waals surface area contributed by atoms with Crippen LogP contribution >= 0.6 is 0 Å². The average Bonchev–Trinajstić information content (AvgIpc) is 3.35. The minimum absolute atomic E-state index is 0.0284. The smallest absolute Gasteiger partial charge is 0.319 e. The Hall–Kier alpha value is -3.73. The third-order valence-electron chi connectivity index (χ3n) is 9.03. The number of halogens is 4. The summed E-state index contributed by atoms with van der Waals surface area (Å²) in [5.74, 6) is -2.88. The Kier molecular flexibility index (Phi) is 6.79. The van der Waals surface area contributed by atoms with Gasteiger partial charge in [0.2, 0.25) is 0 Å². The number of phenols is 1. The summed E-state index contributed by atoms with van der Waals surface area (Å²) in [5.41, 5.74) is -0.895. The topological polar surface area (TPSA) is 74.6 Å². The number of benzene rings is 2. The van der Waals surface area contributed by atoms with Gasteiger partial charge in [0.15, 0.2) is 17.5 Å². The van der Waals surface area contributed by atoms with Crippen LogP contribution in [0.1, 0.15) is 44.9 Å². The first-order chi connectivity index (χ1) is 20.3. The molecule has 3 aliphatic heterocycles. The van der Waals surface area contributed by atoms with Crippen LogP contribution in [0.4, 0.5) is 23.4 Å². The van der Waals surface area contributed by atoms with Crippen LogP contribution in [0.15, 0.2) is 30.5 Å². The maximum atomic E-state index is 16.5. The van der Waals surface area contributed by atoms with E-state index in [4.69, 9.17) is 9.72 Å². The third kappa shape index (κ3) is 4.58. The number of aromatic nitrogens is 3. The Balaban J connectivity index is 1.37. The number of fused-ring (bicyclic) bond motifs is 3. The minimum atomic E-state index is -1.16. The zero-order valence-corrected chi connectivity index (χ0v) is 23.1. The van der Waals surface area contributed by atoms with Crippen LogP contribution < -0.4 is 9.64 Å². The van der Waals surface area contributed by atoms with Crippen LogP contribution in [0.5, 0.6) is 11.8 Å². The van der Waals surface area contributed by atoms with E-state index < -0.39 is 29.2 Å². The molecule has 2 atom stereocenters. The van der Waals surface area contributed by atoms with E-state index >= 15 is 8.78 Å². The van der Waals surface area contributed by atoms with Crippen LogP contribution in [0.25, 0.3) is 32.9 Å². The molecule has 3 saturated heterocycles. The van der Waals surface area contributed by atoms with Crippen molar-refractivity contribution in [1.29, 1.82) is 0 Å². The molecule has 0 aliphatic carbocycles. The fourth-order valence-corrected chi connectivity index (χ4v) is 7.01. The summed E-state index contributed by atoms with van der Waals surface area (Å²) in [6.07, 6.45) is 6.69. The highest BCUT2D eigenvalue weighted by Crippen LogP contribution is 2.41. The summed E-state index contributed by atoms with van der Waals surface area (Å²) in [4.78, 5) is 17.7. The van der Waals surface area contributed by atoms with E-state index in [1.54, 1.807) is 0 Å². The largest absolute Gasteiger partial charge is 0.508 e. The number of ether oxygens (including phenoxy) is 1. The van der Waals surface area contributed by atoms with Crippen LogP contribution in [0.3, 0.4) is 0 Å². The lowest BCUT2D eigenvalue weighted by molar-refractivity contribution is 0.107. The quantitative estimate of drug-likeness (QED) is 0.277. The molecule has 5 heterocycles. The molecule has 0 unspecified atom stereocenters. The van der Waals surface area contributed by atoms with Gasteiger partial charge in [-0.2, -0.15) is 9.97 Å². The number of phenolic OH excluding ortho intramolecular Hbond substituents is 1. The van der Waals surface area contributed by atoms with E-state index in [9.17, 15) is 13.9 Å². The molecule has 0 bridgehead atoms. The van der Waals surface area contributed by atoms with Crippen molar-refractivity contribution in [2.75, 3.05) is 37.7 Å². The Morgan fingerprint density at radius 3 is 2.60 bits per heavy atom. The van der Waals surface area contributed by atoms with Crippen LogP contribution in [0, 0.1) is 17.5 Å². The molecule has 1 N–H and O–H groups in total. The summed E-state index contributed by atoms with van der Waals surface area (Å²) in [7, 11) is 0. The van der Waals surface area contributed by atoms with Crippen LogP contribution in [-0.2, 0) is 0 Å². The average molecular weight is 582 g/mol. The number of aromatic hydroxyl groups is 1. The predicted octanol–water partition coefficient (Wildman–Crippen LogP) is 6.30. The third-order valence-corrected chi connectivity index (χ3v) is 9.03. The Morgan fingerprint density at radius 2 is 1.79 bits per heavy atom. The monoisotopic (exact) mass is 581 g/mol. The standard InChI is InChI=1S/C31H31F4N5O2/c32-19-14-31(8-5-11-40(31)16-19)17-42-30-37-28-22(29(38-30)39-9-3-1-2-4-10-39)15-36-27(26(28)35)21-13-20(41)12-18-6-7-23(33)25(34)24(18)21/h6-7,12-13,15,19,41H,1-5,8-11,14,16-17H2/t19-,31+/m1/s1. The summed E-state index contributed by atoms with van der Waals surface area (Å²) in [6.45, 7) is 2.80. The molecule has 0 saturated carbocycles. The lowest BCUT2D eigenvalue weighted by atomic mass is 9.95. The number of hydrogen-bond acceptors (Lipinski definition) is 7. The first-order valence-corrected chi connectivity index (χ1v) is 14.6. The number of anilines is 1. The zero-order chi connectivity index (χ0) is 29.0. The summed E-state index contributed by atoms with van der Waals surface area (Å²) in [5, 5.41) is 10.7. The summed E-state index contributed by atoms with van der Waals surface area (Å²) >= 11 is 0. The lowest BCUT2D eigenvalue weighted by Gasteiger charge is -2.31. The zero-order valence-electron chi connectivity index (χ0n) is 23.1. The molecule has 2 aromatic carbocycles. The van der Waals surface area contributed by atoms with Gasteiger partial charge in [0.25, 0.3) is 0 Å². The normalized spacial score (nSPS) is 23.0. The highest BCUT2D eigenvalue weighted by molar-refractivity contribution is 6.00. The van der Waals surface area contributed by atoms with Gasteiger partial charge in [-0.3, -0.25) is 9.88 Å². The van der Waals surface area contributed by atoms with Crippen molar-refractivity contribution < 1.29 is 27.4 Å². The first-order valence-electron chi connectivity index (χ1n) is 14.6. The van der Waals surface area contributed by atoms with E-state index in [1.807, 2.05) is 0 Å². The second-order valence-corrected chi connectivity index (χ2v) is 11.7. The van der Waals surface area contributed by atoms with Gasteiger partial charge in [0.1, 0.15) is 35.6 Å². The van der Waals surface area contributed by atoms with Crippen molar-refractivity contribution in [1.82, 2.24) is 19.9 Å². The summed E-state index contributed by atoms with van der Waals surface area (Å²) < 4.78 is 66.3. The molecule has 0 amide bonds. The second-order valence-electron chi connectivity index (χ2n) is 11.7. The molecule has 7 rings (SSSR count). The van der Waals surface area contributed by atoms with Gasteiger partial charge in [-0.25, -0.2) is 17.6 Å². The van der Waals surface area contributed by atoms with Crippen molar-refractivity contribution >= 4 is 27.5 Å². The Morgan fingerprint density at radius 1 is 0.976 bits per heavy atom. The van der Waals surface area contributed by atoms with Gasteiger partial charge in [0.05, 0.1) is 10.9 Å². The van der Waals surface area contributed by atoms with Gasteiger partial charge in [0, 0.05) is 43.2 Å². The van der Waals surface area contributed by atoms with Crippen LogP contribution in [0.2, 0.25) is 0 Å². The molecule has 2 aromatic heterocycles. The van der Waals surface area contributed by atoms with Crippen molar-refractivity contribution in [2.24, 2.45) is 0 Å². The maximum Gasteiger partial charge on any atom is 0.319 e. The van der Waals surface area contributed by atoms with Crippen molar-refractivity contribution in [3.05, 3.63) is 47.9 Å². The van der Waals surface area contributed by atoms with E-state index in [0.29, 0.717) is 24.2 Å². The summed E-state index contributed by atoms with van der Waals surface area (Å²) in [6, 6.07) is 4.69. The molecule has 4 aromatic rings. The molecule has 0 radical (unpaired) electrons. The van der Waals surface area contributed by atoms with Gasteiger partial charge < -0.3 is 14.7 Å². The van der Waals surface area contributed by atoms with Gasteiger partial charge >= 0.3 is 6.01 Å². The number of pyridine rings is 1. The van der Waals surface area contributed by atoms with E-state index in [1.165, 1.54) is 18.3 Å². The molecule has 0 spiro atoms. The Labute approximate surface area is 240 Å². The van der Waals surface area contributed by atoms with E-state index in [-0.39, 0.29) is 45.9 Å². The molecule has 7 nitrogen and oxygen atoms in total. The highest BCUT2D eigenvalue weighted by Gasteiger charge is 2.49. The van der Waals surface area contributed by atoms with E-state index in [0.717, 1.165) is 70.3 Å². The molecule has 42 heavy (non-hydrogen) atoms. The van der Waals surface area contributed by atoms with Crippen molar-refractivity contribution in [3.8, 4) is 23.0 Å². The van der Waals surface area contributed by atoms with Crippen molar-refractivity contribution in [3.63, 3.8) is 0 Å². The first kappa shape index (κ1) is 27.1. The SMILES string of the molecule is Oc1cc(-c2ncc3c(N4CCCCCC4)nc(OC[C@@]45CCCN4C[C@H](F)C5)nc3c2F)c2c(F)c(F)ccc2c1. The molecule has 3 fully saturated rings. The maximum absolute atomic E-state index is 16.5. The molecular formula is C31H31F4N5O2. The highest BCUT2D eigenvalue weighted by atomic mass is 19.2. The number of nitrogens with zero attached hydrogens (tertiary/aromatic N) is 5. The number of rotatable bonds is 5. The Bertz CT molecular complexity index is 1680. The molecular weight excluding hydrogens is 550 g/mol. The molecule has 3 aliphatic rings. The lowest BCUT2D eigenvalue weighted by Crippen LogP contribution is -2.43. The second kappa shape index (κ2) is 10.5. The van der Waals surface area contributed by atoms with Gasteiger partial charge in [-0.1, -0.05) is 18.9 Å². The minimum Gasteiger partial charge on any atom is -0.508 e. The van der Waals surface area contributed by atoms with Crippen molar-refractivity contribution in [2.45, 2.75) is 56.7 Å². The number of hydrogen-bond donors (Lipinski definition) is 1. The van der Waals surface area contributed by atoms with Gasteiger partial charge in [-0.05, 0) is 55.8 Å². The predicted molar refractivity (Wildman–Crippen MR) is 151 cm³/mol.